The monoisotopic (exact) mass is 296 g/mol. The van der Waals surface area contributed by atoms with Gasteiger partial charge in [-0.15, -0.1) is 0 Å². The van der Waals surface area contributed by atoms with Gasteiger partial charge in [0, 0.05) is 23.5 Å². The summed E-state index contributed by atoms with van der Waals surface area (Å²) in [6.07, 6.45) is 4.43. The van der Waals surface area contributed by atoms with Crippen molar-refractivity contribution < 1.29 is 9.63 Å². The first-order chi connectivity index (χ1) is 9.47. The molecule has 0 bridgehead atoms. The van der Waals surface area contributed by atoms with Gasteiger partial charge >= 0.3 is 0 Å². The minimum absolute atomic E-state index is 0.0540. The summed E-state index contributed by atoms with van der Waals surface area (Å²) in [5.41, 5.74) is -0.146. The normalized spacial score (nSPS) is 31.7. The van der Waals surface area contributed by atoms with E-state index < -0.39 is 0 Å². The van der Waals surface area contributed by atoms with Gasteiger partial charge in [-0.3, -0.25) is 9.63 Å². The molecule has 0 radical (unpaired) electrons. The van der Waals surface area contributed by atoms with Crippen LogP contribution in [0, 0.1) is 5.41 Å². The lowest BCUT2D eigenvalue weighted by molar-refractivity contribution is -0.285. The number of piperidine rings is 1. The molecule has 0 aromatic carbocycles. The van der Waals surface area contributed by atoms with Crippen LogP contribution in [0.4, 0.5) is 0 Å². The van der Waals surface area contributed by atoms with E-state index in [1.807, 2.05) is 25.8 Å². The van der Waals surface area contributed by atoms with Crippen LogP contribution in [0.3, 0.4) is 0 Å². The average Bonchev–Trinajstić information content (AvgIpc) is 2.51. The fourth-order valence-electron chi connectivity index (χ4n) is 4.11. The maximum Gasteiger partial charge on any atom is 0.228 e. The molecular formula is C17H32N2O2. The zero-order chi connectivity index (χ0) is 16.1. The van der Waals surface area contributed by atoms with Crippen LogP contribution < -0.4 is 0 Å². The highest BCUT2D eigenvalue weighted by molar-refractivity contribution is 5.84. The molecule has 4 heteroatoms. The van der Waals surface area contributed by atoms with Crippen LogP contribution in [0.25, 0.3) is 0 Å². The van der Waals surface area contributed by atoms with Crippen molar-refractivity contribution in [1.29, 1.82) is 0 Å². The summed E-state index contributed by atoms with van der Waals surface area (Å²) in [4.78, 5) is 20.3. The zero-order valence-corrected chi connectivity index (χ0v) is 14.8. The number of hydrogen-bond donors (Lipinski definition) is 0. The minimum atomic E-state index is -0.254. The van der Waals surface area contributed by atoms with Crippen molar-refractivity contribution in [3.63, 3.8) is 0 Å². The molecule has 1 amide bonds. The summed E-state index contributed by atoms with van der Waals surface area (Å²) in [5, 5.41) is 2.19. The molecule has 2 rings (SSSR count). The van der Waals surface area contributed by atoms with Crippen LogP contribution in [0.5, 0.6) is 0 Å². The van der Waals surface area contributed by atoms with Gasteiger partial charge in [0.1, 0.15) is 0 Å². The SMILES string of the molecule is CN1C(=O)C(C)(C)CC1CON1C(C)(C)CCCC1(C)C. The number of hydroxylamine groups is 2. The molecule has 21 heavy (non-hydrogen) atoms. The Morgan fingerprint density at radius 1 is 1.10 bits per heavy atom. The smallest absolute Gasteiger partial charge is 0.228 e. The van der Waals surface area contributed by atoms with Gasteiger partial charge in [0.15, 0.2) is 0 Å². The van der Waals surface area contributed by atoms with E-state index in [1.54, 1.807) is 0 Å². The topological polar surface area (TPSA) is 32.8 Å². The fraction of sp³-hybridized carbons (Fsp3) is 0.941. The van der Waals surface area contributed by atoms with Crippen LogP contribution in [0.15, 0.2) is 0 Å². The van der Waals surface area contributed by atoms with Gasteiger partial charge in [0.2, 0.25) is 5.91 Å². The lowest BCUT2D eigenvalue weighted by Crippen LogP contribution is -2.59. The van der Waals surface area contributed by atoms with Crippen molar-refractivity contribution in [2.24, 2.45) is 5.41 Å². The van der Waals surface area contributed by atoms with Gasteiger partial charge in [-0.2, -0.15) is 5.06 Å². The Kier molecular flexibility index (Phi) is 4.18. The van der Waals surface area contributed by atoms with E-state index in [1.165, 1.54) is 6.42 Å². The Balaban J connectivity index is 2.03. The molecule has 2 aliphatic rings. The Labute approximate surface area is 129 Å². The predicted octanol–water partition coefficient (Wildman–Crippen LogP) is 3.22. The third-order valence-corrected chi connectivity index (χ3v) is 5.27. The maximum absolute atomic E-state index is 12.2. The molecule has 1 unspecified atom stereocenters. The number of carbonyl (C=O) groups excluding carboxylic acids is 1. The van der Waals surface area contributed by atoms with Crippen LogP contribution in [-0.2, 0) is 9.63 Å². The van der Waals surface area contributed by atoms with Crippen LogP contribution in [-0.4, -0.2) is 46.6 Å². The quantitative estimate of drug-likeness (QED) is 0.801. The minimum Gasteiger partial charge on any atom is -0.340 e. The second-order valence-electron chi connectivity index (χ2n) is 8.73. The lowest BCUT2D eigenvalue weighted by atomic mass is 9.82. The van der Waals surface area contributed by atoms with Crippen molar-refractivity contribution in [3.05, 3.63) is 0 Å². The summed E-state index contributed by atoms with van der Waals surface area (Å²) in [6.45, 7) is 13.7. The lowest BCUT2D eigenvalue weighted by Gasteiger charge is -2.51. The summed E-state index contributed by atoms with van der Waals surface area (Å²) < 4.78 is 0. The number of nitrogens with zero attached hydrogens (tertiary/aromatic N) is 2. The number of likely N-dealkylation sites (N-methyl/N-ethyl adjacent to an activating group) is 1. The van der Waals surface area contributed by atoms with Crippen LogP contribution in [0.1, 0.15) is 67.2 Å². The number of likely N-dealkylation sites (tertiary alicyclic amines) is 1. The number of hydrogen-bond acceptors (Lipinski definition) is 3. The summed E-state index contributed by atoms with van der Waals surface area (Å²) in [7, 11) is 1.90. The first kappa shape index (κ1) is 16.8. The van der Waals surface area contributed by atoms with Crippen molar-refractivity contribution >= 4 is 5.91 Å². The number of carbonyl (C=O) groups is 1. The van der Waals surface area contributed by atoms with Gasteiger partial charge in [-0.25, -0.2) is 0 Å². The van der Waals surface area contributed by atoms with E-state index >= 15 is 0 Å². The van der Waals surface area contributed by atoms with Gasteiger partial charge in [-0.1, -0.05) is 13.8 Å². The molecule has 1 atom stereocenters. The molecule has 0 spiro atoms. The van der Waals surface area contributed by atoms with Gasteiger partial charge in [0.05, 0.1) is 12.6 Å². The Hall–Kier alpha value is -0.610. The summed E-state index contributed by atoms with van der Waals surface area (Å²) in [6, 6.07) is 0.182. The van der Waals surface area contributed by atoms with Gasteiger partial charge in [-0.05, 0) is 53.4 Å². The molecule has 2 fully saturated rings. The second-order valence-corrected chi connectivity index (χ2v) is 8.73. The van der Waals surface area contributed by atoms with Gasteiger partial charge in [0.25, 0.3) is 0 Å². The third-order valence-electron chi connectivity index (χ3n) is 5.27. The molecule has 2 heterocycles. The second kappa shape index (κ2) is 5.24. The summed E-state index contributed by atoms with van der Waals surface area (Å²) in [5.74, 6) is 0.230. The predicted molar refractivity (Wildman–Crippen MR) is 84.8 cm³/mol. The molecule has 0 aromatic heterocycles. The molecular weight excluding hydrogens is 264 g/mol. The zero-order valence-electron chi connectivity index (χ0n) is 14.8. The van der Waals surface area contributed by atoms with E-state index in [4.69, 9.17) is 4.84 Å². The van der Waals surface area contributed by atoms with E-state index in [9.17, 15) is 4.79 Å². The largest absolute Gasteiger partial charge is 0.340 e. The van der Waals surface area contributed by atoms with Crippen molar-refractivity contribution in [3.8, 4) is 0 Å². The molecule has 0 aromatic rings. The Morgan fingerprint density at radius 3 is 2.05 bits per heavy atom. The van der Waals surface area contributed by atoms with Gasteiger partial charge < -0.3 is 4.90 Å². The Morgan fingerprint density at radius 2 is 1.62 bits per heavy atom. The van der Waals surface area contributed by atoms with Crippen molar-refractivity contribution in [1.82, 2.24) is 9.96 Å². The molecule has 2 aliphatic heterocycles. The molecule has 0 aliphatic carbocycles. The van der Waals surface area contributed by atoms with E-state index in [-0.39, 0.29) is 28.4 Å². The highest BCUT2D eigenvalue weighted by Gasteiger charge is 2.46. The van der Waals surface area contributed by atoms with E-state index in [2.05, 4.69) is 32.8 Å². The molecule has 0 N–H and O–H groups in total. The average molecular weight is 296 g/mol. The maximum atomic E-state index is 12.2. The fourth-order valence-corrected chi connectivity index (χ4v) is 4.11. The highest BCUT2D eigenvalue weighted by Crippen LogP contribution is 2.39. The van der Waals surface area contributed by atoms with Crippen LogP contribution in [0.2, 0.25) is 0 Å². The van der Waals surface area contributed by atoms with E-state index in [0.717, 1.165) is 19.3 Å². The first-order valence-corrected chi connectivity index (χ1v) is 8.18. The first-order valence-electron chi connectivity index (χ1n) is 8.18. The molecule has 2 saturated heterocycles. The Bertz CT molecular complexity index is 399. The van der Waals surface area contributed by atoms with Crippen LogP contribution >= 0.6 is 0 Å². The molecule has 122 valence electrons. The third kappa shape index (κ3) is 3.11. The summed E-state index contributed by atoms with van der Waals surface area (Å²) >= 11 is 0. The molecule has 4 nitrogen and oxygen atoms in total. The van der Waals surface area contributed by atoms with Crippen molar-refractivity contribution in [2.45, 2.75) is 84.3 Å². The number of rotatable bonds is 3. The van der Waals surface area contributed by atoms with Crippen molar-refractivity contribution in [2.75, 3.05) is 13.7 Å². The number of amides is 1. The highest BCUT2D eigenvalue weighted by atomic mass is 16.7. The van der Waals surface area contributed by atoms with E-state index in [0.29, 0.717) is 6.61 Å². The molecule has 0 saturated carbocycles. The standard InChI is InChI=1S/C17H32N2O2/c1-15(2)11-13(18(7)14(15)20)12-21-19-16(3,4)9-8-10-17(19,5)6/h13H,8-12H2,1-7H3.